The van der Waals surface area contributed by atoms with Crippen LogP contribution in [0.5, 0.6) is 5.75 Å². The van der Waals surface area contributed by atoms with Crippen LogP contribution in [0.3, 0.4) is 0 Å². The molecule has 1 heterocycles. The summed E-state index contributed by atoms with van der Waals surface area (Å²) in [6.07, 6.45) is 0.896. The number of urea groups is 1. The van der Waals surface area contributed by atoms with Gasteiger partial charge in [0.25, 0.3) is 0 Å². The predicted molar refractivity (Wildman–Crippen MR) is 146 cm³/mol. The number of benzene rings is 3. The van der Waals surface area contributed by atoms with Crippen LogP contribution in [0, 0.1) is 19.3 Å². The summed E-state index contributed by atoms with van der Waals surface area (Å²) in [7, 11) is 0. The number of hydrogen-bond acceptors (Lipinski definition) is 4. The number of hydrogen-bond donors (Lipinski definition) is 3. The fourth-order valence-corrected chi connectivity index (χ4v) is 4.74. The van der Waals surface area contributed by atoms with Gasteiger partial charge in [-0.3, -0.25) is 0 Å². The van der Waals surface area contributed by atoms with Gasteiger partial charge in [-0.2, -0.15) is 0 Å². The Morgan fingerprint density at radius 2 is 1.50 bits per heavy atom. The highest BCUT2D eigenvalue weighted by molar-refractivity contribution is 6.01. The maximum atomic E-state index is 12.9. The summed E-state index contributed by atoms with van der Waals surface area (Å²) in [4.78, 5) is 14.3. The fourth-order valence-electron chi connectivity index (χ4n) is 4.74. The van der Waals surface area contributed by atoms with Crippen LogP contribution in [0.25, 0.3) is 16.7 Å². The first-order chi connectivity index (χ1) is 16.8. The zero-order valence-corrected chi connectivity index (χ0v) is 22.1. The molecule has 0 fully saturated rings. The van der Waals surface area contributed by atoms with Gasteiger partial charge in [-0.15, -0.1) is 15.0 Å². The predicted octanol–water partition coefficient (Wildman–Crippen LogP) is 7.10. The lowest BCUT2D eigenvalue weighted by atomic mass is 9.72. The highest BCUT2D eigenvalue weighted by Gasteiger charge is 2.30. The van der Waals surface area contributed by atoms with Crippen LogP contribution in [-0.4, -0.2) is 26.1 Å². The number of aryl methyl sites for hydroxylation is 2. The quantitative estimate of drug-likeness (QED) is 0.263. The van der Waals surface area contributed by atoms with E-state index >= 15 is 0 Å². The Morgan fingerprint density at radius 1 is 0.861 bits per heavy atom. The van der Waals surface area contributed by atoms with Gasteiger partial charge in [-0.25, -0.2) is 4.79 Å². The lowest BCUT2D eigenvalue weighted by molar-refractivity contribution is 0.262. The maximum Gasteiger partial charge on any atom is 0.323 e. The molecule has 2 amide bonds. The number of carbonyl (C=O) groups is 1. The van der Waals surface area contributed by atoms with Crippen molar-refractivity contribution in [2.75, 3.05) is 10.6 Å². The van der Waals surface area contributed by atoms with Crippen molar-refractivity contribution in [3.8, 4) is 11.4 Å². The SMILES string of the molecule is Cc1ccc(NC(=O)Nc2cc(C(C)(C)CC(C)(C)C)cc(-n3nc4ccc(C)cc4n3)c2O)cc1. The van der Waals surface area contributed by atoms with Gasteiger partial charge < -0.3 is 15.7 Å². The number of phenols is 1. The lowest BCUT2D eigenvalue weighted by Crippen LogP contribution is -2.26. The Balaban J connectivity index is 1.77. The zero-order chi connectivity index (χ0) is 26.3. The van der Waals surface area contributed by atoms with Crippen LogP contribution in [0.15, 0.2) is 54.6 Å². The summed E-state index contributed by atoms with van der Waals surface area (Å²) in [5.41, 5.74) is 5.82. The highest BCUT2D eigenvalue weighted by Crippen LogP contribution is 2.41. The first-order valence-electron chi connectivity index (χ1n) is 12.2. The third-order valence-corrected chi connectivity index (χ3v) is 6.15. The molecular formula is C29H35N5O2. The highest BCUT2D eigenvalue weighted by atomic mass is 16.3. The van der Waals surface area contributed by atoms with E-state index in [4.69, 9.17) is 0 Å². The van der Waals surface area contributed by atoms with E-state index in [1.165, 1.54) is 4.80 Å². The van der Waals surface area contributed by atoms with Gasteiger partial charge in [-0.05, 0) is 78.6 Å². The molecule has 188 valence electrons. The van der Waals surface area contributed by atoms with Gasteiger partial charge in [0.1, 0.15) is 16.7 Å². The number of aromatic hydroxyl groups is 1. The molecule has 4 aromatic rings. The molecule has 0 aliphatic carbocycles. The molecule has 36 heavy (non-hydrogen) atoms. The standard InChI is InChI=1S/C29H35N5O2/c1-18-8-11-21(12-9-18)30-27(36)31-24-15-20(29(6,7)17-28(3,4)5)16-25(26(24)35)34-32-22-13-10-19(2)14-23(22)33-34/h8-16,35H,17H2,1-7H3,(H2,30,31,36). The molecule has 0 aliphatic rings. The van der Waals surface area contributed by atoms with Gasteiger partial charge in [0.2, 0.25) is 0 Å². The molecule has 0 saturated heterocycles. The minimum absolute atomic E-state index is 0.0775. The number of nitrogens with one attached hydrogen (secondary N) is 2. The molecular weight excluding hydrogens is 450 g/mol. The third-order valence-electron chi connectivity index (χ3n) is 6.15. The van der Waals surface area contributed by atoms with Crippen LogP contribution >= 0.6 is 0 Å². The molecule has 0 aliphatic heterocycles. The Bertz CT molecular complexity index is 1410. The number of carbonyl (C=O) groups excluding carboxylic acids is 1. The van der Waals surface area contributed by atoms with Crippen molar-refractivity contribution in [1.82, 2.24) is 15.0 Å². The smallest absolute Gasteiger partial charge is 0.323 e. The van der Waals surface area contributed by atoms with Crippen molar-refractivity contribution in [3.05, 3.63) is 71.3 Å². The molecule has 0 spiro atoms. The lowest BCUT2D eigenvalue weighted by Gasteiger charge is -2.33. The molecule has 3 aromatic carbocycles. The zero-order valence-electron chi connectivity index (χ0n) is 22.1. The molecule has 0 saturated carbocycles. The second-order valence-corrected chi connectivity index (χ2v) is 11.4. The van der Waals surface area contributed by atoms with E-state index in [9.17, 15) is 9.90 Å². The number of rotatable bonds is 5. The van der Waals surface area contributed by atoms with Crippen molar-refractivity contribution in [2.45, 2.75) is 60.3 Å². The van der Waals surface area contributed by atoms with E-state index in [1.807, 2.05) is 68.4 Å². The number of aromatic nitrogens is 3. The van der Waals surface area contributed by atoms with Gasteiger partial charge in [0.15, 0.2) is 5.75 Å². The van der Waals surface area contributed by atoms with E-state index in [0.29, 0.717) is 17.1 Å². The number of nitrogens with zero attached hydrogens (tertiary/aromatic N) is 3. The molecule has 1 aromatic heterocycles. The summed E-state index contributed by atoms with van der Waals surface area (Å²) in [6, 6.07) is 16.7. The first-order valence-corrected chi connectivity index (χ1v) is 12.2. The fraction of sp³-hybridized carbons (Fsp3) is 0.345. The van der Waals surface area contributed by atoms with Crippen LogP contribution in [0.2, 0.25) is 0 Å². The van der Waals surface area contributed by atoms with Crippen molar-refractivity contribution >= 4 is 28.4 Å². The Hall–Kier alpha value is -3.87. The van der Waals surface area contributed by atoms with E-state index in [2.05, 4.69) is 55.4 Å². The van der Waals surface area contributed by atoms with Crippen molar-refractivity contribution in [1.29, 1.82) is 0 Å². The second kappa shape index (κ2) is 9.30. The number of phenolic OH excluding ortho intramolecular Hbond substituents is 1. The third kappa shape index (κ3) is 5.67. The van der Waals surface area contributed by atoms with Crippen LogP contribution in [0.1, 0.15) is 57.7 Å². The van der Waals surface area contributed by atoms with Gasteiger partial charge >= 0.3 is 6.03 Å². The van der Waals surface area contributed by atoms with Crippen molar-refractivity contribution in [2.24, 2.45) is 5.41 Å². The molecule has 7 nitrogen and oxygen atoms in total. The molecule has 0 bridgehead atoms. The minimum atomic E-state index is -0.444. The molecule has 3 N–H and O–H groups in total. The average Bonchev–Trinajstić information content (AvgIpc) is 3.18. The molecule has 0 atom stereocenters. The van der Waals surface area contributed by atoms with Crippen molar-refractivity contribution < 1.29 is 9.90 Å². The van der Waals surface area contributed by atoms with E-state index in [-0.39, 0.29) is 16.6 Å². The van der Waals surface area contributed by atoms with E-state index in [1.54, 1.807) is 0 Å². The maximum absolute atomic E-state index is 12.9. The monoisotopic (exact) mass is 485 g/mol. The minimum Gasteiger partial charge on any atom is -0.504 e. The summed E-state index contributed by atoms with van der Waals surface area (Å²) < 4.78 is 0. The Morgan fingerprint density at radius 3 is 2.17 bits per heavy atom. The molecule has 4 rings (SSSR count). The van der Waals surface area contributed by atoms with Crippen LogP contribution in [0.4, 0.5) is 16.2 Å². The summed E-state index contributed by atoms with van der Waals surface area (Å²) in [5.74, 6) is -0.0959. The average molecular weight is 486 g/mol. The number of anilines is 2. The van der Waals surface area contributed by atoms with Gasteiger partial charge in [0.05, 0.1) is 5.69 Å². The number of amides is 2. The Labute approximate surface area is 212 Å². The van der Waals surface area contributed by atoms with Crippen molar-refractivity contribution in [3.63, 3.8) is 0 Å². The van der Waals surface area contributed by atoms with Gasteiger partial charge in [-0.1, -0.05) is 58.4 Å². The van der Waals surface area contributed by atoms with Crippen LogP contribution < -0.4 is 10.6 Å². The number of fused-ring (bicyclic) bond motifs is 1. The Kier molecular flexibility index (Phi) is 6.52. The van der Waals surface area contributed by atoms with E-state index < -0.39 is 6.03 Å². The topological polar surface area (TPSA) is 92.1 Å². The van der Waals surface area contributed by atoms with E-state index in [0.717, 1.165) is 34.1 Å². The summed E-state index contributed by atoms with van der Waals surface area (Å²) in [5, 5.41) is 26.1. The van der Waals surface area contributed by atoms with Crippen LogP contribution in [-0.2, 0) is 5.41 Å². The molecule has 0 radical (unpaired) electrons. The molecule has 7 heteroatoms. The summed E-state index contributed by atoms with van der Waals surface area (Å²) in [6.45, 7) is 14.9. The summed E-state index contributed by atoms with van der Waals surface area (Å²) >= 11 is 0. The van der Waals surface area contributed by atoms with Gasteiger partial charge in [0, 0.05) is 5.69 Å². The molecule has 0 unspecified atom stereocenters. The first kappa shape index (κ1) is 25.2. The normalized spacial score (nSPS) is 12.1. The second-order valence-electron chi connectivity index (χ2n) is 11.4. The largest absolute Gasteiger partial charge is 0.504 e.